The summed E-state index contributed by atoms with van der Waals surface area (Å²) < 4.78 is 0. The average molecular weight is 287 g/mol. The molecule has 0 bridgehead atoms. The Bertz CT molecular complexity index is 728. The monoisotopic (exact) mass is 287 g/mol. The van der Waals surface area contributed by atoms with Crippen LogP contribution in [0.25, 0.3) is 0 Å². The Morgan fingerprint density at radius 2 is 1.57 bits per heavy atom. The van der Waals surface area contributed by atoms with Gasteiger partial charge in [-0.3, -0.25) is 20.2 Å². The van der Waals surface area contributed by atoms with Gasteiger partial charge in [0.1, 0.15) is 0 Å². The number of rotatable bonds is 4. The second kappa shape index (κ2) is 5.58. The van der Waals surface area contributed by atoms with Crippen molar-refractivity contribution >= 4 is 22.7 Å². The molecule has 0 spiro atoms. The third kappa shape index (κ3) is 3.14. The van der Waals surface area contributed by atoms with E-state index < -0.39 is 9.85 Å². The summed E-state index contributed by atoms with van der Waals surface area (Å²) in [6.45, 7) is 3.45. The first-order valence-electron chi connectivity index (χ1n) is 6.15. The normalized spacial score (nSPS) is 10.2. The molecule has 7 heteroatoms. The molecule has 1 N–H and O–H groups in total. The standard InChI is InChI=1S/C14H13N3O4/c1-9-4-6-12(16(18)19)8-13(9)15-11-5-3-10(2)14(7-11)17(20)21/h3-8,15H,1-2H3. The maximum absolute atomic E-state index is 10.9. The molecule has 108 valence electrons. The first-order chi connectivity index (χ1) is 9.88. The van der Waals surface area contributed by atoms with Gasteiger partial charge in [-0.1, -0.05) is 12.1 Å². The van der Waals surface area contributed by atoms with Gasteiger partial charge in [0, 0.05) is 35.1 Å². The fraction of sp³-hybridized carbons (Fsp3) is 0.143. The van der Waals surface area contributed by atoms with Crippen LogP contribution in [0, 0.1) is 34.1 Å². The molecule has 0 fully saturated rings. The van der Waals surface area contributed by atoms with Crippen molar-refractivity contribution in [3.8, 4) is 0 Å². The van der Waals surface area contributed by atoms with Crippen LogP contribution in [0.3, 0.4) is 0 Å². The molecule has 0 atom stereocenters. The van der Waals surface area contributed by atoms with E-state index in [2.05, 4.69) is 5.32 Å². The molecule has 0 saturated heterocycles. The van der Waals surface area contributed by atoms with Crippen LogP contribution in [0.2, 0.25) is 0 Å². The summed E-state index contributed by atoms with van der Waals surface area (Å²) in [7, 11) is 0. The van der Waals surface area contributed by atoms with Crippen LogP contribution in [-0.2, 0) is 0 Å². The molecule has 2 rings (SSSR count). The topological polar surface area (TPSA) is 98.3 Å². The lowest BCUT2D eigenvalue weighted by atomic mass is 10.1. The molecule has 0 aliphatic rings. The van der Waals surface area contributed by atoms with Crippen LogP contribution in [0.5, 0.6) is 0 Å². The Kier molecular flexibility index (Phi) is 3.84. The van der Waals surface area contributed by atoms with E-state index in [1.165, 1.54) is 18.2 Å². The highest BCUT2D eigenvalue weighted by molar-refractivity contribution is 5.68. The molecule has 0 radical (unpaired) electrons. The number of nitro groups is 2. The van der Waals surface area contributed by atoms with Crippen LogP contribution < -0.4 is 5.32 Å². The van der Waals surface area contributed by atoms with Crippen LogP contribution >= 0.6 is 0 Å². The summed E-state index contributed by atoms with van der Waals surface area (Å²) >= 11 is 0. The fourth-order valence-electron chi connectivity index (χ4n) is 1.90. The zero-order valence-electron chi connectivity index (χ0n) is 11.5. The maximum atomic E-state index is 10.9. The van der Waals surface area contributed by atoms with Crippen molar-refractivity contribution in [1.82, 2.24) is 0 Å². The quantitative estimate of drug-likeness (QED) is 0.680. The minimum absolute atomic E-state index is 0.00286. The number of aryl methyl sites for hydroxylation is 2. The van der Waals surface area contributed by atoms with Gasteiger partial charge in [0.2, 0.25) is 0 Å². The highest BCUT2D eigenvalue weighted by Gasteiger charge is 2.13. The smallest absolute Gasteiger partial charge is 0.274 e. The van der Waals surface area contributed by atoms with Gasteiger partial charge in [-0.05, 0) is 25.5 Å². The van der Waals surface area contributed by atoms with Gasteiger partial charge in [0.25, 0.3) is 11.4 Å². The molecular weight excluding hydrogens is 274 g/mol. The number of nitrogens with one attached hydrogen (secondary N) is 1. The first-order valence-corrected chi connectivity index (χ1v) is 6.15. The second-order valence-corrected chi connectivity index (χ2v) is 4.64. The van der Waals surface area contributed by atoms with Crippen molar-refractivity contribution in [1.29, 1.82) is 0 Å². The Morgan fingerprint density at radius 3 is 2.19 bits per heavy atom. The van der Waals surface area contributed by atoms with E-state index in [1.54, 1.807) is 32.0 Å². The summed E-state index contributed by atoms with van der Waals surface area (Å²) in [5, 5.41) is 24.7. The van der Waals surface area contributed by atoms with E-state index in [0.717, 1.165) is 5.56 Å². The lowest BCUT2D eigenvalue weighted by molar-refractivity contribution is -0.385. The molecule has 0 aliphatic heterocycles. The predicted octanol–water partition coefficient (Wildman–Crippen LogP) is 3.86. The molecular formula is C14H13N3O4. The van der Waals surface area contributed by atoms with Gasteiger partial charge >= 0.3 is 0 Å². The van der Waals surface area contributed by atoms with Crippen molar-refractivity contribution in [2.45, 2.75) is 13.8 Å². The summed E-state index contributed by atoms with van der Waals surface area (Å²) in [6, 6.07) is 9.18. The van der Waals surface area contributed by atoms with E-state index in [4.69, 9.17) is 0 Å². The van der Waals surface area contributed by atoms with Gasteiger partial charge in [0.15, 0.2) is 0 Å². The van der Waals surface area contributed by atoms with Crippen LogP contribution in [0.15, 0.2) is 36.4 Å². The van der Waals surface area contributed by atoms with Gasteiger partial charge in [-0.15, -0.1) is 0 Å². The zero-order chi connectivity index (χ0) is 15.6. The summed E-state index contributed by atoms with van der Waals surface area (Å²) in [6.07, 6.45) is 0. The minimum atomic E-state index is -0.484. The van der Waals surface area contributed by atoms with Crippen LogP contribution in [0.1, 0.15) is 11.1 Å². The summed E-state index contributed by atoms with van der Waals surface area (Å²) in [4.78, 5) is 20.8. The molecule has 21 heavy (non-hydrogen) atoms. The maximum Gasteiger partial charge on any atom is 0.274 e. The number of hydrogen-bond donors (Lipinski definition) is 1. The van der Waals surface area contributed by atoms with Crippen molar-refractivity contribution in [3.05, 3.63) is 67.8 Å². The van der Waals surface area contributed by atoms with Gasteiger partial charge in [-0.25, -0.2) is 0 Å². The number of anilines is 2. The van der Waals surface area contributed by atoms with Crippen molar-refractivity contribution in [3.63, 3.8) is 0 Å². The Labute approximate surface area is 120 Å². The zero-order valence-corrected chi connectivity index (χ0v) is 11.5. The van der Waals surface area contributed by atoms with Gasteiger partial charge in [-0.2, -0.15) is 0 Å². The molecule has 0 aliphatic carbocycles. The van der Waals surface area contributed by atoms with E-state index in [-0.39, 0.29) is 11.4 Å². The third-order valence-corrected chi connectivity index (χ3v) is 3.12. The lowest BCUT2D eigenvalue weighted by Crippen LogP contribution is -1.98. The highest BCUT2D eigenvalue weighted by Crippen LogP contribution is 2.28. The highest BCUT2D eigenvalue weighted by atomic mass is 16.6. The fourth-order valence-corrected chi connectivity index (χ4v) is 1.90. The van der Waals surface area contributed by atoms with Crippen molar-refractivity contribution in [2.75, 3.05) is 5.32 Å². The van der Waals surface area contributed by atoms with Gasteiger partial charge < -0.3 is 5.32 Å². The lowest BCUT2D eigenvalue weighted by Gasteiger charge is -2.10. The second-order valence-electron chi connectivity index (χ2n) is 4.64. The molecule has 0 amide bonds. The molecule has 0 aromatic heterocycles. The third-order valence-electron chi connectivity index (χ3n) is 3.12. The molecule has 2 aromatic rings. The summed E-state index contributed by atoms with van der Waals surface area (Å²) in [5.41, 5.74) is 2.39. The molecule has 2 aromatic carbocycles. The Morgan fingerprint density at radius 1 is 0.905 bits per heavy atom. The van der Waals surface area contributed by atoms with Crippen molar-refractivity contribution < 1.29 is 9.85 Å². The Balaban J connectivity index is 2.38. The minimum Gasteiger partial charge on any atom is -0.355 e. The van der Waals surface area contributed by atoms with Crippen molar-refractivity contribution in [2.24, 2.45) is 0 Å². The number of nitrogens with zero attached hydrogens (tertiary/aromatic N) is 2. The number of non-ortho nitro benzene ring substituents is 1. The largest absolute Gasteiger partial charge is 0.355 e. The van der Waals surface area contributed by atoms with E-state index >= 15 is 0 Å². The molecule has 0 saturated carbocycles. The first kappa shape index (κ1) is 14.4. The average Bonchev–Trinajstić information content (AvgIpc) is 2.42. The van der Waals surface area contributed by atoms with Crippen LogP contribution in [0.4, 0.5) is 22.7 Å². The Hall–Kier alpha value is -2.96. The SMILES string of the molecule is Cc1ccc([N+](=O)[O-])cc1Nc1ccc(C)c([N+](=O)[O-])c1. The summed E-state index contributed by atoms with van der Waals surface area (Å²) in [5.74, 6) is 0. The van der Waals surface area contributed by atoms with E-state index in [0.29, 0.717) is 16.9 Å². The number of hydrogen-bond acceptors (Lipinski definition) is 5. The number of benzene rings is 2. The molecule has 7 nitrogen and oxygen atoms in total. The molecule has 0 unspecified atom stereocenters. The van der Waals surface area contributed by atoms with E-state index in [1.807, 2.05) is 0 Å². The van der Waals surface area contributed by atoms with Gasteiger partial charge in [0.05, 0.1) is 9.85 Å². The molecule has 0 heterocycles. The van der Waals surface area contributed by atoms with Crippen LogP contribution in [-0.4, -0.2) is 9.85 Å². The number of nitro benzene ring substituents is 2. The van der Waals surface area contributed by atoms with E-state index in [9.17, 15) is 20.2 Å². The predicted molar refractivity (Wildman–Crippen MR) is 78.9 cm³/mol.